The van der Waals surface area contributed by atoms with E-state index in [1.165, 1.54) is 18.4 Å². The summed E-state index contributed by atoms with van der Waals surface area (Å²) >= 11 is 10.4. The van der Waals surface area contributed by atoms with Crippen LogP contribution in [0, 0.1) is 0 Å². The van der Waals surface area contributed by atoms with Gasteiger partial charge >= 0.3 is 5.97 Å². The number of aryl methyl sites for hydroxylation is 1. The monoisotopic (exact) mass is 438 g/mol. The number of rotatable bonds is 3. The van der Waals surface area contributed by atoms with Crippen molar-refractivity contribution in [2.24, 2.45) is 0 Å². The zero-order chi connectivity index (χ0) is 17.8. The normalized spacial score (nSPS) is 13.5. The third-order valence-electron chi connectivity index (χ3n) is 4.14. The third-order valence-corrected chi connectivity index (χ3v) is 6.08. The predicted molar refractivity (Wildman–Crippen MR) is 111 cm³/mol. The summed E-state index contributed by atoms with van der Waals surface area (Å²) in [6, 6.07) is 7.75. The summed E-state index contributed by atoms with van der Waals surface area (Å²) in [6.07, 6.45) is 5.40. The SMILES string of the molecule is COC(=O)c1c(NC(=S)Nc2ccc(Br)cc2)sc2c1CCCCC2. The zero-order valence-electron chi connectivity index (χ0n) is 13.9. The number of halogens is 1. The molecule has 1 aromatic heterocycles. The van der Waals surface area contributed by atoms with Gasteiger partial charge in [-0.25, -0.2) is 4.79 Å². The first-order valence-corrected chi connectivity index (χ1v) is 10.2. The lowest BCUT2D eigenvalue weighted by molar-refractivity contribution is 0.0601. The number of ether oxygens (including phenoxy) is 1. The van der Waals surface area contributed by atoms with Crippen LogP contribution < -0.4 is 10.6 Å². The molecule has 1 aliphatic carbocycles. The number of fused-ring (bicyclic) bond motifs is 1. The molecule has 0 spiro atoms. The first-order valence-electron chi connectivity index (χ1n) is 8.15. The highest BCUT2D eigenvalue weighted by atomic mass is 79.9. The molecule has 0 atom stereocenters. The maximum absolute atomic E-state index is 12.3. The summed E-state index contributed by atoms with van der Waals surface area (Å²) in [7, 11) is 1.42. The average Bonchev–Trinajstić information content (AvgIpc) is 2.77. The van der Waals surface area contributed by atoms with Crippen LogP contribution in [-0.2, 0) is 17.6 Å². The maximum Gasteiger partial charge on any atom is 0.341 e. The summed E-state index contributed by atoms with van der Waals surface area (Å²) in [5.41, 5.74) is 2.66. The van der Waals surface area contributed by atoms with Crippen molar-refractivity contribution in [3.05, 3.63) is 44.7 Å². The number of nitrogens with one attached hydrogen (secondary N) is 2. The Balaban J connectivity index is 1.82. The Morgan fingerprint density at radius 2 is 1.88 bits per heavy atom. The van der Waals surface area contributed by atoms with Crippen molar-refractivity contribution in [3.8, 4) is 0 Å². The minimum atomic E-state index is -0.298. The second-order valence-corrected chi connectivity index (χ2v) is 8.28. The molecular weight excluding hydrogens is 420 g/mol. The Hall–Kier alpha value is -1.44. The van der Waals surface area contributed by atoms with Crippen LogP contribution in [0.3, 0.4) is 0 Å². The van der Waals surface area contributed by atoms with E-state index in [0.717, 1.165) is 46.4 Å². The van der Waals surface area contributed by atoms with Crippen molar-refractivity contribution in [1.82, 2.24) is 0 Å². The lowest BCUT2D eigenvalue weighted by atomic mass is 10.1. The van der Waals surface area contributed by atoms with Gasteiger partial charge in [0.05, 0.1) is 12.7 Å². The van der Waals surface area contributed by atoms with Gasteiger partial charge < -0.3 is 15.4 Å². The first kappa shape index (κ1) is 18.4. The van der Waals surface area contributed by atoms with Crippen LogP contribution in [0.4, 0.5) is 10.7 Å². The molecule has 0 amide bonds. The quantitative estimate of drug-likeness (QED) is 0.382. The number of hydrogen-bond acceptors (Lipinski definition) is 4. The molecule has 1 aliphatic rings. The highest BCUT2D eigenvalue weighted by Crippen LogP contribution is 2.38. The number of benzene rings is 1. The third kappa shape index (κ3) is 4.40. The predicted octanol–water partition coefficient (Wildman–Crippen LogP) is 5.38. The van der Waals surface area contributed by atoms with E-state index < -0.39 is 0 Å². The number of carbonyl (C=O) groups is 1. The molecule has 0 saturated heterocycles. The average molecular weight is 439 g/mol. The summed E-state index contributed by atoms with van der Waals surface area (Å²) in [6.45, 7) is 0. The first-order chi connectivity index (χ1) is 12.1. The molecule has 0 aliphatic heterocycles. The molecule has 7 heteroatoms. The Kier molecular flexibility index (Phi) is 6.09. The second-order valence-electron chi connectivity index (χ2n) is 5.85. The Morgan fingerprint density at radius 3 is 2.60 bits per heavy atom. The van der Waals surface area contributed by atoms with Crippen LogP contribution >= 0.6 is 39.5 Å². The van der Waals surface area contributed by atoms with Gasteiger partial charge in [0, 0.05) is 15.0 Å². The molecule has 3 rings (SSSR count). The van der Waals surface area contributed by atoms with E-state index in [1.807, 2.05) is 24.3 Å². The Bertz CT molecular complexity index is 787. The van der Waals surface area contributed by atoms with Gasteiger partial charge in [-0.15, -0.1) is 11.3 Å². The molecule has 1 aromatic carbocycles. The largest absolute Gasteiger partial charge is 0.465 e. The van der Waals surface area contributed by atoms with Crippen LogP contribution in [-0.4, -0.2) is 18.2 Å². The minimum absolute atomic E-state index is 0.298. The highest BCUT2D eigenvalue weighted by Gasteiger charge is 2.25. The lowest BCUT2D eigenvalue weighted by Crippen LogP contribution is -2.20. The molecule has 0 unspecified atom stereocenters. The van der Waals surface area contributed by atoms with Crippen LogP contribution in [0.15, 0.2) is 28.7 Å². The number of esters is 1. The Morgan fingerprint density at radius 1 is 1.16 bits per heavy atom. The summed E-state index contributed by atoms with van der Waals surface area (Å²) in [5, 5.41) is 7.57. The van der Waals surface area contributed by atoms with Gasteiger partial charge in [0.1, 0.15) is 5.00 Å². The van der Waals surface area contributed by atoms with Gasteiger partial charge in [0.2, 0.25) is 0 Å². The van der Waals surface area contributed by atoms with Crippen LogP contribution in [0.1, 0.15) is 40.1 Å². The fourth-order valence-corrected chi connectivity index (χ4v) is 4.78. The zero-order valence-corrected chi connectivity index (χ0v) is 17.1. The van der Waals surface area contributed by atoms with Gasteiger partial charge in [-0.05, 0) is 67.7 Å². The number of thiophene rings is 1. The molecule has 0 fully saturated rings. The van der Waals surface area contributed by atoms with Gasteiger partial charge in [-0.2, -0.15) is 0 Å². The smallest absolute Gasteiger partial charge is 0.341 e. The molecular formula is C18H19BrN2O2S2. The van der Waals surface area contributed by atoms with Crippen LogP contribution in [0.5, 0.6) is 0 Å². The fraction of sp³-hybridized carbons (Fsp3) is 0.333. The van der Waals surface area contributed by atoms with E-state index in [-0.39, 0.29) is 5.97 Å². The standard InChI is InChI=1S/C18H19BrN2O2S2/c1-23-17(22)15-13-5-3-2-4-6-14(13)25-16(15)21-18(24)20-12-9-7-11(19)8-10-12/h7-10H,2-6H2,1H3,(H2,20,21,24). The van der Waals surface area contributed by atoms with E-state index in [9.17, 15) is 4.79 Å². The highest BCUT2D eigenvalue weighted by molar-refractivity contribution is 9.10. The molecule has 4 nitrogen and oxygen atoms in total. The van der Waals surface area contributed by atoms with Gasteiger partial charge in [0.15, 0.2) is 5.11 Å². The van der Waals surface area contributed by atoms with Crippen molar-refractivity contribution >= 4 is 61.3 Å². The number of thiocarbonyl (C=S) groups is 1. The van der Waals surface area contributed by atoms with Crippen molar-refractivity contribution in [2.45, 2.75) is 32.1 Å². The van der Waals surface area contributed by atoms with Crippen molar-refractivity contribution in [3.63, 3.8) is 0 Å². The van der Waals surface area contributed by atoms with E-state index in [0.29, 0.717) is 10.7 Å². The molecule has 25 heavy (non-hydrogen) atoms. The Labute approximate surface area is 165 Å². The number of hydrogen-bond donors (Lipinski definition) is 2. The fourth-order valence-electron chi connectivity index (χ4n) is 2.95. The number of carbonyl (C=O) groups excluding carboxylic acids is 1. The molecule has 0 saturated carbocycles. The molecule has 132 valence electrons. The molecule has 0 bridgehead atoms. The molecule has 1 heterocycles. The maximum atomic E-state index is 12.3. The van der Waals surface area contributed by atoms with Gasteiger partial charge in [-0.1, -0.05) is 22.4 Å². The second kappa shape index (κ2) is 8.29. The van der Waals surface area contributed by atoms with Gasteiger partial charge in [0.25, 0.3) is 0 Å². The van der Waals surface area contributed by atoms with Crippen molar-refractivity contribution in [2.75, 3.05) is 17.7 Å². The van der Waals surface area contributed by atoms with Crippen LogP contribution in [0.25, 0.3) is 0 Å². The number of anilines is 2. The van der Waals surface area contributed by atoms with Crippen molar-refractivity contribution < 1.29 is 9.53 Å². The lowest BCUT2D eigenvalue weighted by Gasteiger charge is -2.11. The van der Waals surface area contributed by atoms with Crippen molar-refractivity contribution in [1.29, 1.82) is 0 Å². The summed E-state index contributed by atoms with van der Waals surface area (Å²) in [5.74, 6) is -0.298. The molecule has 0 radical (unpaired) electrons. The minimum Gasteiger partial charge on any atom is -0.465 e. The summed E-state index contributed by atoms with van der Waals surface area (Å²) in [4.78, 5) is 13.6. The molecule has 2 N–H and O–H groups in total. The van der Waals surface area contributed by atoms with E-state index in [1.54, 1.807) is 11.3 Å². The van der Waals surface area contributed by atoms with E-state index in [4.69, 9.17) is 17.0 Å². The van der Waals surface area contributed by atoms with Crippen LogP contribution in [0.2, 0.25) is 0 Å². The molecule has 2 aromatic rings. The topological polar surface area (TPSA) is 50.4 Å². The summed E-state index contributed by atoms with van der Waals surface area (Å²) < 4.78 is 6.02. The van der Waals surface area contributed by atoms with Gasteiger partial charge in [-0.3, -0.25) is 0 Å². The number of methoxy groups -OCH3 is 1. The van der Waals surface area contributed by atoms with E-state index in [2.05, 4.69) is 26.6 Å². The van der Waals surface area contributed by atoms with E-state index >= 15 is 0 Å².